The van der Waals surface area contributed by atoms with Crippen LogP contribution in [0.5, 0.6) is 0 Å². The highest BCUT2D eigenvalue weighted by molar-refractivity contribution is 5.51. The summed E-state index contributed by atoms with van der Waals surface area (Å²) < 4.78 is 53.1. The molecule has 0 fully saturated rings. The molecule has 0 aliphatic heterocycles. The number of halogens is 4. The van der Waals surface area contributed by atoms with Crippen molar-refractivity contribution in [2.75, 3.05) is 0 Å². The molecule has 0 radical (unpaired) electrons. The second-order valence-electron chi connectivity index (χ2n) is 6.16. The van der Waals surface area contributed by atoms with Gasteiger partial charge < -0.3 is 0 Å². The van der Waals surface area contributed by atoms with Crippen molar-refractivity contribution in [1.82, 2.24) is 0 Å². The molecule has 0 spiro atoms. The molecule has 25 heavy (non-hydrogen) atoms. The number of aryl methyl sites for hydroxylation is 2. The summed E-state index contributed by atoms with van der Waals surface area (Å²) in [5.74, 6) is -3.91. The smallest absolute Gasteiger partial charge is 0.194 e. The van der Waals surface area contributed by atoms with Crippen molar-refractivity contribution in [3.63, 3.8) is 0 Å². The standard InChI is InChI=1S/C21H22F4/c1-2-3-4-5-18(22)12-16-9-6-15(7-10-16)8-11-17-13-19(23)21(25)20(24)14-17/h6-7,9-10,12-14H,2-5,8,11H2,1H3/b18-12+. The third-order valence-corrected chi connectivity index (χ3v) is 4.07. The third-order valence-electron chi connectivity index (χ3n) is 4.07. The maximum absolute atomic E-state index is 13.7. The molecule has 134 valence electrons. The summed E-state index contributed by atoms with van der Waals surface area (Å²) in [6.07, 6.45) is 5.87. The van der Waals surface area contributed by atoms with Crippen molar-refractivity contribution in [1.29, 1.82) is 0 Å². The lowest BCUT2D eigenvalue weighted by Crippen LogP contribution is -1.97. The fourth-order valence-corrected chi connectivity index (χ4v) is 2.62. The van der Waals surface area contributed by atoms with Gasteiger partial charge in [-0.1, -0.05) is 44.0 Å². The predicted molar refractivity (Wildman–Crippen MR) is 93.4 cm³/mol. The van der Waals surface area contributed by atoms with Crippen LogP contribution in [0.25, 0.3) is 6.08 Å². The molecule has 0 unspecified atom stereocenters. The minimum atomic E-state index is -1.44. The Balaban J connectivity index is 1.93. The fraction of sp³-hybridized carbons (Fsp3) is 0.333. The van der Waals surface area contributed by atoms with Gasteiger partial charge in [0, 0.05) is 0 Å². The van der Waals surface area contributed by atoms with Crippen LogP contribution in [0.15, 0.2) is 42.2 Å². The molecule has 0 bridgehead atoms. The lowest BCUT2D eigenvalue weighted by atomic mass is 10.0. The Kier molecular flexibility index (Phi) is 7.23. The zero-order valence-electron chi connectivity index (χ0n) is 14.3. The second-order valence-corrected chi connectivity index (χ2v) is 6.16. The number of allylic oxidation sites excluding steroid dienone is 1. The van der Waals surface area contributed by atoms with Crippen molar-refractivity contribution in [2.45, 2.75) is 45.4 Å². The van der Waals surface area contributed by atoms with E-state index in [1.807, 2.05) is 24.3 Å². The van der Waals surface area contributed by atoms with Gasteiger partial charge in [-0.3, -0.25) is 0 Å². The zero-order chi connectivity index (χ0) is 18.2. The molecule has 2 aromatic carbocycles. The number of hydrogen-bond donors (Lipinski definition) is 0. The van der Waals surface area contributed by atoms with Crippen LogP contribution in [0.4, 0.5) is 17.6 Å². The Morgan fingerprint density at radius 2 is 1.48 bits per heavy atom. The van der Waals surface area contributed by atoms with Crippen LogP contribution in [-0.4, -0.2) is 0 Å². The molecule has 2 aromatic rings. The monoisotopic (exact) mass is 350 g/mol. The highest BCUT2D eigenvalue weighted by Gasteiger charge is 2.10. The minimum Gasteiger partial charge on any atom is -0.212 e. The SMILES string of the molecule is CCCCC/C(F)=C\c1ccc(CCc2cc(F)c(F)c(F)c2)cc1. The Labute approximate surface area is 146 Å². The van der Waals surface area contributed by atoms with E-state index in [9.17, 15) is 17.6 Å². The summed E-state index contributed by atoms with van der Waals surface area (Å²) in [7, 11) is 0. The van der Waals surface area contributed by atoms with Crippen LogP contribution in [0.1, 0.15) is 49.3 Å². The van der Waals surface area contributed by atoms with E-state index < -0.39 is 17.5 Å². The van der Waals surface area contributed by atoms with Gasteiger partial charge in [0.1, 0.15) is 5.83 Å². The summed E-state index contributed by atoms with van der Waals surface area (Å²) >= 11 is 0. The van der Waals surface area contributed by atoms with Gasteiger partial charge in [0.25, 0.3) is 0 Å². The lowest BCUT2D eigenvalue weighted by Gasteiger charge is -2.05. The lowest BCUT2D eigenvalue weighted by molar-refractivity contribution is 0.445. The molecule has 4 heteroatoms. The molecule has 0 amide bonds. The summed E-state index contributed by atoms with van der Waals surface area (Å²) in [5, 5.41) is 0. The van der Waals surface area contributed by atoms with Crippen molar-refractivity contribution < 1.29 is 17.6 Å². The summed E-state index contributed by atoms with van der Waals surface area (Å²) in [6.45, 7) is 2.08. The van der Waals surface area contributed by atoms with Crippen LogP contribution in [0.2, 0.25) is 0 Å². The maximum Gasteiger partial charge on any atom is 0.194 e. The molecule has 0 nitrogen and oxygen atoms in total. The highest BCUT2D eigenvalue weighted by atomic mass is 19.2. The van der Waals surface area contributed by atoms with Crippen LogP contribution >= 0.6 is 0 Å². The Hall–Kier alpha value is -2.10. The summed E-state index contributed by atoms with van der Waals surface area (Å²) in [6, 6.07) is 9.40. The van der Waals surface area contributed by atoms with Crippen LogP contribution in [-0.2, 0) is 12.8 Å². The molecule has 0 N–H and O–H groups in total. The molecule has 0 heterocycles. The van der Waals surface area contributed by atoms with Crippen molar-refractivity contribution >= 4 is 6.08 Å². The van der Waals surface area contributed by atoms with Crippen molar-refractivity contribution in [3.8, 4) is 0 Å². The molecule has 0 aliphatic carbocycles. The van der Waals surface area contributed by atoms with E-state index in [2.05, 4.69) is 6.92 Å². The third kappa shape index (κ3) is 6.04. The Bertz CT molecular complexity index is 694. The second kappa shape index (κ2) is 9.40. The highest BCUT2D eigenvalue weighted by Crippen LogP contribution is 2.18. The first kappa shape index (κ1) is 19.2. The average Bonchev–Trinajstić information content (AvgIpc) is 2.59. The van der Waals surface area contributed by atoms with Gasteiger partial charge in [0.05, 0.1) is 0 Å². The van der Waals surface area contributed by atoms with E-state index in [0.717, 1.165) is 42.5 Å². The zero-order valence-corrected chi connectivity index (χ0v) is 14.3. The average molecular weight is 350 g/mol. The molecular formula is C21H22F4. The van der Waals surface area contributed by atoms with E-state index in [-0.39, 0.29) is 5.83 Å². The van der Waals surface area contributed by atoms with Gasteiger partial charge >= 0.3 is 0 Å². The first-order chi connectivity index (χ1) is 12.0. The molecule has 2 rings (SSSR count). The number of benzene rings is 2. The number of rotatable bonds is 8. The first-order valence-electron chi connectivity index (χ1n) is 8.58. The topological polar surface area (TPSA) is 0 Å². The fourth-order valence-electron chi connectivity index (χ4n) is 2.62. The normalized spacial score (nSPS) is 11.8. The first-order valence-corrected chi connectivity index (χ1v) is 8.58. The summed E-state index contributed by atoms with van der Waals surface area (Å²) in [5.41, 5.74) is 2.16. The van der Waals surface area contributed by atoms with Gasteiger partial charge in [-0.2, -0.15) is 0 Å². The maximum atomic E-state index is 13.7. The molecule has 0 saturated carbocycles. The van der Waals surface area contributed by atoms with Gasteiger partial charge in [-0.05, 0) is 60.6 Å². The summed E-state index contributed by atoms with van der Waals surface area (Å²) in [4.78, 5) is 0. The Morgan fingerprint density at radius 3 is 2.08 bits per heavy atom. The van der Waals surface area contributed by atoms with Gasteiger partial charge in [-0.15, -0.1) is 0 Å². The van der Waals surface area contributed by atoms with Crippen LogP contribution in [0.3, 0.4) is 0 Å². The quantitative estimate of drug-likeness (QED) is 0.280. The van der Waals surface area contributed by atoms with E-state index in [0.29, 0.717) is 24.8 Å². The molecule has 0 aliphatic rings. The predicted octanol–water partition coefficient (Wildman–Crippen LogP) is 6.78. The van der Waals surface area contributed by atoms with Gasteiger partial charge in [0.15, 0.2) is 17.5 Å². The van der Waals surface area contributed by atoms with Crippen molar-refractivity contribution in [3.05, 3.63) is 76.4 Å². The largest absolute Gasteiger partial charge is 0.212 e. The van der Waals surface area contributed by atoms with Crippen LogP contribution in [0, 0.1) is 17.5 Å². The van der Waals surface area contributed by atoms with E-state index in [1.165, 1.54) is 6.08 Å². The number of hydrogen-bond acceptors (Lipinski definition) is 0. The minimum absolute atomic E-state index is 0.126. The molecule has 0 aromatic heterocycles. The molecule has 0 atom stereocenters. The Morgan fingerprint density at radius 1 is 0.880 bits per heavy atom. The number of unbranched alkanes of at least 4 members (excludes halogenated alkanes) is 2. The van der Waals surface area contributed by atoms with Crippen molar-refractivity contribution in [2.24, 2.45) is 0 Å². The van der Waals surface area contributed by atoms with E-state index in [1.54, 1.807) is 0 Å². The van der Waals surface area contributed by atoms with Gasteiger partial charge in [0.2, 0.25) is 0 Å². The van der Waals surface area contributed by atoms with E-state index >= 15 is 0 Å². The molecular weight excluding hydrogens is 328 g/mol. The molecule has 0 saturated heterocycles. The van der Waals surface area contributed by atoms with Crippen LogP contribution < -0.4 is 0 Å². The van der Waals surface area contributed by atoms with Gasteiger partial charge in [-0.25, -0.2) is 17.6 Å². The van der Waals surface area contributed by atoms with E-state index in [4.69, 9.17) is 0 Å².